The molecule has 2 aromatic carbocycles. The standard InChI is InChI=1S/C23H23N3O3S/c1-28-18-6-7-19-21(14-18)30-23(24-19)29-17-9-12-25(13-10-17)22(27)15-26-11-8-16-4-2-3-5-20(16)26/h2-8,11,14,17H,9-10,12-13,15H2,1H3. The van der Waals surface area contributed by atoms with Crippen LogP contribution in [0.1, 0.15) is 12.8 Å². The Morgan fingerprint density at radius 2 is 2.00 bits per heavy atom. The number of thiazole rings is 1. The van der Waals surface area contributed by atoms with Crippen LogP contribution < -0.4 is 9.47 Å². The SMILES string of the molecule is COc1ccc2nc(OC3CCN(C(=O)Cn4ccc5ccccc54)CC3)sc2c1. The van der Waals surface area contributed by atoms with E-state index in [-0.39, 0.29) is 12.0 Å². The first-order valence-corrected chi connectivity index (χ1v) is 10.9. The van der Waals surface area contributed by atoms with Crippen LogP contribution in [0.3, 0.4) is 0 Å². The minimum atomic E-state index is 0.0870. The lowest BCUT2D eigenvalue weighted by Crippen LogP contribution is -2.43. The third kappa shape index (κ3) is 3.73. The monoisotopic (exact) mass is 421 g/mol. The second-order valence-electron chi connectivity index (χ2n) is 7.51. The molecule has 0 spiro atoms. The number of aromatic nitrogens is 2. The highest BCUT2D eigenvalue weighted by Crippen LogP contribution is 2.32. The van der Waals surface area contributed by atoms with Crippen molar-refractivity contribution < 1.29 is 14.3 Å². The summed E-state index contributed by atoms with van der Waals surface area (Å²) < 4.78 is 14.5. The van der Waals surface area contributed by atoms with E-state index < -0.39 is 0 Å². The van der Waals surface area contributed by atoms with Gasteiger partial charge >= 0.3 is 0 Å². The Balaban J connectivity index is 1.18. The fourth-order valence-corrected chi connectivity index (χ4v) is 4.86. The first-order valence-electron chi connectivity index (χ1n) is 10.1. The fourth-order valence-electron chi connectivity index (χ4n) is 3.95. The van der Waals surface area contributed by atoms with Crippen molar-refractivity contribution in [3.05, 3.63) is 54.7 Å². The van der Waals surface area contributed by atoms with Gasteiger partial charge in [0, 0.05) is 37.6 Å². The van der Waals surface area contributed by atoms with Crippen LogP contribution in [0, 0.1) is 0 Å². The first kappa shape index (κ1) is 18.9. The number of nitrogens with zero attached hydrogens (tertiary/aromatic N) is 3. The van der Waals surface area contributed by atoms with E-state index in [1.165, 1.54) is 11.3 Å². The van der Waals surface area contributed by atoms with Gasteiger partial charge in [-0.2, -0.15) is 0 Å². The Hall–Kier alpha value is -3.06. The number of likely N-dealkylation sites (tertiary alicyclic amines) is 1. The molecular formula is C23H23N3O3S. The lowest BCUT2D eigenvalue weighted by molar-refractivity contribution is -0.133. The van der Waals surface area contributed by atoms with E-state index in [1.54, 1.807) is 7.11 Å². The van der Waals surface area contributed by atoms with Crippen LogP contribution in [0.2, 0.25) is 0 Å². The summed E-state index contributed by atoms with van der Waals surface area (Å²) in [6, 6.07) is 16.0. The molecule has 0 bridgehead atoms. The second-order valence-corrected chi connectivity index (χ2v) is 8.51. The maximum absolute atomic E-state index is 12.8. The number of carbonyl (C=O) groups is 1. The van der Waals surface area contributed by atoms with Crippen molar-refractivity contribution in [3.8, 4) is 10.9 Å². The topological polar surface area (TPSA) is 56.6 Å². The summed E-state index contributed by atoms with van der Waals surface area (Å²) in [5.41, 5.74) is 2.01. The van der Waals surface area contributed by atoms with Crippen molar-refractivity contribution >= 4 is 38.4 Å². The molecule has 0 atom stereocenters. The molecule has 5 rings (SSSR count). The Morgan fingerprint density at radius 1 is 1.17 bits per heavy atom. The molecule has 154 valence electrons. The molecule has 4 aromatic rings. The highest BCUT2D eigenvalue weighted by Gasteiger charge is 2.25. The molecule has 1 amide bonds. The average Bonchev–Trinajstić information content (AvgIpc) is 3.37. The van der Waals surface area contributed by atoms with Crippen LogP contribution in [0.4, 0.5) is 0 Å². The van der Waals surface area contributed by atoms with Gasteiger partial charge in [0.05, 0.1) is 17.3 Å². The highest BCUT2D eigenvalue weighted by molar-refractivity contribution is 7.20. The van der Waals surface area contributed by atoms with E-state index in [0.717, 1.165) is 39.7 Å². The van der Waals surface area contributed by atoms with Gasteiger partial charge < -0.3 is 18.9 Å². The number of carbonyl (C=O) groups excluding carboxylic acids is 1. The minimum absolute atomic E-state index is 0.0870. The number of fused-ring (bicyclic) bond motifs is 2. The number of hydrogen-bond donors (Lipinski definition) is 0. The van der Waals surface area contributed by atoms with Crippen LogP contribution in [-0.2, 0) is 11.3 Å². The molecule has 0 unspecified atom stereocenters. The third-order valence-electron chi connectivity index (χ3n) is 5.62. The Labute approximate surface area is 178 Å². The first-order chi connectivity index (χ1) is 14.7. The Morgan fingerprint density at radius 3 is 2.83 bits per heavy atom. The van der Waals surface area contributed by atoms with Crippen LogP contribution in [0.25, 0.3) is 21.1 Å². The zero-order valence-corrected chi connectivity index (χ0v) is 17.6. The van der Waals surface area contributed by atoms with Gasteiger partial charge in [0.2, 0.25) is 5.91 Å². The van der Waals surface area contributed by atoms with Crippen LogP contribution in [0.15, 0.2) is 54.7 Å². The second kappa shape index (κ2) is 7.99. The fraction of sp³-hybridized carbons (Fsp3) is 0.304. The van der Waals surface area contributed by atoms with Crippen molar-refractivity contribution in [1.82, 2.24) is 14.5 Å². The molecule has 30 heavy (non-hydrogen) atoms. The molecule has 6 nitrogen and oxygen atoms in total. The van der Waals surface area contributed by atoms with Gasteiger partial charge in [-0.15, -0.1) is 0 Å². The van der Waals surface area contributed by atoms with Gasteiger partial charge in [-0.1, -0.05) is 29.5 Å². The molecule has 1 fully saturated rings. The minimum Gasteiger partial charge on any atom is -0.497 e. The van der Waals surface area contributed by atoms with E-state index in [9.17, 15) is 4.79 Å². The smallest absolute Gasteiger partial charge is 0.274 e. The maximum atomic E-state index is 12.8. The van der Waals surface area contributed by atoms with Crippen molar-refractivity contribution in [2.24, 2.45) is 0 Å². The van der Waals surface area contributed by atoms with Gasteiger partial charge in [-0.3, -0.25) is 4.79 Å². The molecule has 1 aliphatic rings. The molecule has 7 heteroatoms. The average molecular weight is 422 g/mol. The van der Waals surface area contributed by atoms with Gasteiger partial charge in [-0.25, -0.2) is 4.98 Å². The van der Waals surface area contributed by atoms with Gasteiger partial charge in [0.25, 0.3) is 5.19 Å². The molecule has 0 N–H and O–H groups in total. The molecule has 1 saturated heterocycles. The van der Waals surface area contributed by atoms with Gasteiger partial charge in [0.1, 0.15) is 18.4 Å². The number of amides is 1. The normalized spacial score (nSPS) is 15.0. The predicted molar refractivity (Wildman–Crippen MR) is 118 cm³/mol. The van der Waals surface area contributed by atoms with Crippen molar-refractivity contribution in [1.29, 1.82) is 0 Å². The zero-order chi connectivity index (χ0) is 20.5. The van der Waals surface area contributed by atoms with E-state index in [0.29, 0.717) is 24.8 Å². The molecule has 0 radical (unpaired) electrons. The summed E-state index contributed by atoms with van der Waals surface area (Å²) in [7, 11) is 1.66. The molecular weight excluding hydrogens is 398 g/mol. The summed E-state index contributed by atoms with van der Waals surface area (Å²) in [5.74, 6) is 0.974. The number of benzene rings is 2. The third-order valence-corrected chi connectivity index (χ3v) is 6.53. The van der Waals surface area contributed by atoms with E-state index >= 15 is 0 Å². The number of rotatable bonds is 5. The number of piperidine rings is 1. The Bertz CT molecular complexity index is 1190. The van der Waals surface area contributed by atoms with Gasteiger partial charge in [-0.05, 0) is 35.7 Å². The van der Waals surface area contributed by atoms with Crippen molar-refractivity contribution in [2.75, 3.05) is 20.2 Å². The lowest BCUT2D eigenvalue weighted by atomic mass is 10.1. The van der Waals surface area contributed by atoms with E-state index in [2.05, 4.69) is 23.2 Å². The summed E-state index contributed by atoms with van der Waals surface area (Å²) in [4.78, 5) is 19.3. The van der Waals surface area contributed by atoms with Gasteiger partial charge in [0.15, 0.2) is 0 Å². The molecule has 2 aromatic heterocycles. The number of hydrogen-bond acceptors (Lipinski definition) is 5. The largest absolute Gasteiger partial charge is 0.497 e. The summed E-state index contributed by atoms with van der Waals surface area (Å²) >= 11 is 1.53. The number of methoxy groups -OCH3 is 1. The number of para-hydroxylation sites is 1. The maximum Gasteiger partial charge on any atom is 0.274 e. The van der Waals surface area contributed by atoms with E-state index in [1.807, 2.05) is 46.0 Å². The van der Waals surface area contributed by atoms with Crippen molar-refractivity contribution in [2.45, 2.75) is 25.5 Å². The summed E-state index contributed by atoms with van der Waals surface area (Å²) in [6.45, 7) is 1.79. The van der Waals surface area contributed by atoms with Crippen LogP contribution in [0.5, 0.6) is 10.9 Å². The molecule has 0 aliphatic carbocycles. The lowest BCUT2D eigenvalue weighted by Gasteiger charge is -2.31. The molecule has 3 heterocycles. The zero-order valence-electron chi connectivity index (χ0n) is 16.8. The molecule has 0 saturated carbocycles. The quantitative estimate of drug-likeness (QED) is 0.481. The predicted octanol–water partition coefficient (Wildman–Crippen LogP) is 4.33. The van der Waals surface area contributed by atoms with E-state index in [4.69, 9.17) is 9.47 Å². The van der Waals surface area contributed by atoms with Crippen LogP contribution in [-0.4, -0.2) is 46.7 Å². The summed E-state index contributed by atoms with van der Waals surface area (Å²) in [6.07, 6.45) is 3.71. The number of ether oxygens (including phenoxy) is 2. The summed E-state index contributed by atoms with van der Waals surface area (Å²) in [5, 5.41) is 1.84. The van der Waals surface area contributed by atoms with Crippen molar-refractivity contribution in [3.63, 3.8) is 0 Å². The molecule has 1 aliphatic heterocycles. The highest BCUT2D eigenvalue weighted by atomic mass is 32.1. The Kier molecular flexibility index (Phi) is 5.04. The van der Waals surface area contributed by atoms with Crippen LogP contribution >= 0.6 is 11.3 Å².